The number of unbranched alkanes of at least 4 members (excludes halogenated alkanes) is 1. The molecule has 112 valence electrons. The second-order valence-electron chi connectivity index (χ2n) is 4.48. The highest BCUT2D eigenvalue weighted by molar-refractivity contribution is 6.02. The standard InChI is InChI=1S/C15H20BNO4/c1-3-4-9-20-13-7-5-12(6-8-13)10-14(15(18)19-2)17-11-21-16/h5-8,11,14H,3-4,9-10H2,1-2H3/t14-/m0/s1. The number of rotatable bonds is 9. The summed E-state index contributed by atoms with van der Waals surface area (Å²) >= 11 is 0. The SMILES string of the molecule is [B]OC=N[C@@H](Cc1ccc(OCCCC)cc1)C(=O)OC. The van der Waals surface area contributed by atoms with Crippen LogP contribution >= 0.6 is 0 Å². The fraction of sp³-hybridized carbons (Fsp3) is 0.467. The summed E-state index contributed by atoms with van der Waals surface area (Å²) in [5.74, 6) is 0.377. The lowest BCUT2D eigenvalue weighted by molar-refractivity contribution is -0.142. The van der Waals surface area contributed by atoms with Gasteiger partial charge in [0.25, 0.3) is 0 Å². The third kappa shape index (κ3) is 6.34. The molecule has 5 nitrogen and oxygen atoms in total. The zero-order valence-corrected chi connectivity index (χ0v) is 12.5. The van der Waals surface area contributed by atoms with Crippen LogP contribution in [0.3, 0.4) is 0 Å². The Labute approximate surface area is 126 Å². The molecule has 1 aromatic carbocycles. The number of carbonyl (C=O) groups is 1. The van der Waals surface area contributed by atoms with Crippen molar-refractivity contribution in [3.8, 4) is 5.75 Å². The van der Waals surface area contributed by atoms with E-state index >= 15 is 0 Å². The minimum Gasteiger partial charge on any atom is -0.560 e. The molecule has 0 unspecified atom stereocenters. The van der Waals surface area contributed by atoms with Gasteiger partial charge in [0.1, 0.15) is 5.75 Å². The fourth-order valence-electron chi connectivity index (χ4n) is 1.72. The number of hydrogen-bond donors (Lipinski definition) is 0. The zero-order chi connectivity index (χ0) is 15.5. The van der Waals surface area contributed by atoms with Crippen molar-refractivity contribution in [2.45, 2.75) is 32.2 Å². The van der Waals surface area contributed by atoms with Gasteiger partial charge in [-0.1, -0.05) is 25.5 Å². The van der Waals surface area contributed by atoms with Crippen LogP contribution in [0.2, 0.25) is 0 Å². The monoisotopic (exact) mass is 289 g/mol. The largest absolute Gasteiger partial charge is 0.560 e. The molecule has 0 aromatic heterocycles. The molecule has 0 heterocycles. The summed E-state index contributed by atoms with van der Waals surface area (Å²) in [4.78, 5) is 15.5. The number of esters is 1. The van der Waals surface area contributed by atoms with Crippen LogP contribution in [0, 0.1) is 0 Å². The summed E-state index contributed by atoms with van der Waals surface area (Å²) in [5, 5.41) is 0. The maximum atomic E-state index is 11.6. The molecule has 21 heavy (non-hydrogen) atoms. The smallest absolute Gasteiger partial charge is 0.375 e. The molecule has 1 rings (SSSR count). The van der Waals surface area contributed by atoms with Gasteiger partial charge < -0.3 is 14.1 Å². The van der Waals surface area contributed by atoms with Crippen molar-refractivity contribution < 1.29 is 18.9 Å². The van der Waals surface area contributed by atoms with Gasteiger partial charge in [0.2, 0.25) is 0 Å². The van der Waals surface area contributed by atoms with Crippen molar-refractivity contribution in [2.24, 2.45) is 4.99 Å². The van der Waals surface area contributed by atoms with Gasteiger partial charge in [0.05, 0.1) is 13.7 Å². The number of ether oxygens (including phenoxy) is 2. The van der Waals surface area contributed by atoms with E-state index in [1.807, 2.05) is 24.3 Å². The van der Waals surface area contributed by atoms with Crippen molar-refractivity contribution in [2.75, 3.05) is 13.7 Å². The quantitative estimate of drug-likeness (QED) is 0.230. The van der Waals surface area contributed by atoms with Gasteiger partial charge in [0.15, 0.2) is 12.4 Å². The summed E-state index contributed by atoms with van der Waals surface area (Å²) in [6.07, 6.45) is 3.56. The Balaban J connectivity index is 2.62. The van der Waals surface area contributed by atoms with Crippen LogP contribution < -0.4 is 4.74 Å². The molecule has 0 N–H and O–H groups in total. The summed E-state index contributed by atoms with van der Waals surface area (Å²) in [7, 11) is 6.19. The Hall–Kier alpha value is -1.98. The van der Waals surface area contributed by atoms with Crippen molar-refractivity contribution in [1.82, 2.24) is 0 Å². The molecule has 0 amide bonds. The van der Waals surface area contributed by atoms with Gasteiger partial charge in [-0.15, -0.1) is 0 Å². The second kappa shape index (κ2) is 9.85. The van der Waals surface area contributed by atoms with Gasteiger partial charge in [-0.3, -0.25) is 0 Å². The van der Waals surface area contributed by atoms with E-state index in [0.717, 1.165) is 30.6 Å². The van der Waals surface area contributed by atoms with Crippen molar-refractivity contribution in [1.29, 1.82) is 0 Å². The average molecular weight is 289 g/mol. The molecule has 1 aromatic rings. The topological polar surface area (TPSA) is 57.1 Å². The van der Waals surface area contributed by atoms with E-state index in [1.54, 1.807) is 0 Å². The van der Waals surface area contributed by atoms with Gasteiger partial charge in [0, 0.05) is 6.42 Å². The molecular weight excluding hydrogens is 269 g/mol. The van der Waals surface area contributed by atoms with Crippen LogP contribution in [0.25, 0.3) is 0 Å². The highest BCUT2D eigenvalue weighted by Gasteiger charge is 2.18. The van der Waals surface area contributed by atoms with Crippen LogP contribution in [0.15, 0.2) is 29.3 Å². The number of aliphatic imine (C=N–C) groups is 1. The molecule has 0 aliphatic rings. The van der Waals surface area contributed by atoms with Crippen LogP contribution in [0.1, 0.15) is 25.3 Å². The molecule has 0 fully saturated rings. The lowest BCUT2D eigenvalue weighted by atomic mass is 10.1. The summed E-state index contributed by atoms with van der Waals surface area (Å²) < 4.78 is 14.5. The van der Waals surface area contributed by atoms with Gasteiger partial charge in [-0.25, -0.2) is 9.79 Å². The first kappa shape index (κ1) is 17.1. The van der Waals surface area contributed by atoms with Crippen LogP contribution in [-0.2, 0) is 20.6 Å². The van der Waals surface area contributed by atoms with E-state index in [-0.39, 0.29) is 0 Å². The predicted octanol–water partition coefficient (Wildman–Crippen LogP) is 2.08. The van der Waals surface area contributed by atoms with Crippen molar-refractivity contribution in [3.63, 3.8) is 0 Å². The molecular formula is C15H20BNO4. The Kier molecular flexibility index (Phi) is 8.01. The lowest BCUT2D eigenvalue weighted by Gasteiger charge is -2.11. The number of carbonyl (C=O) groups excluding carboxylic acids is 1. The molecule has 0 bridgehead atoms. The number of methoxy groups -OCH3 is 1. The summed E-state index contributed by atoms with van der Waals surface area (Å²) in [6, 6.07) is 6.88. The van der Waals surface area contributed by atoms with Gasteiger partial charge in [-0.05, 0) is 24.1 Å². The molecule has 1 atom stereocenters. The third-order valence-electron chi connectivity index (χ3n) is 2.89. The van der Waals surface area contributed by atoms with Crippen LogP contribution in [0.5, 0.6) is 5.75 Å². The lowest BCUT2D eigenvalue weighted by Crippen LogP contribution is -2.23. The van der Waals surface area contributed by atoms with Crippen molar-refractivity contribution >= 4 is 20.4 Å². The first-order valence-electron chi connectivity index (χ1n) is 6.88. The average Bonchev–Trinajstić information content (AvgIpc) is 2.52. The fourth-order valence-corrected chi connectivity index (χ4v) is 1.72. The highest BCUT2D eigenvalue weighted by Crippen LogP contribution is 2.15. The molecule has 2 radical (unpaired) electrons. The molecule has 0 aliphatic heterocycles. The molecule has 6 heteroatoms. The first-order valence-corrected chi connectivity index (χ1v) is 6.88. The highest BCUT2D eigenvalue weighted by atomic mass is 16.5. The van der Waals surface area contributed by atoms with E-state index in [2.05, 4.69) is 16.6 Å². The Morgan fingerprint density at radius 2 is 2.10 bits per heavy atom. The maximum Gasteiger partial charge on any atom is 0.375 e. The first-order chi connectivity index (χ1) is 10.2. The molecule has 0 saturated heterocycles. The van der Waals surface area contributed by atoms with Gasteiger partial charge >= 0.3 is 14.0 Å². The Morgan fingerprint density at radius 3 is 2.67 bits per heavy atom. The molecule has 0 spiro atoms. The van der Waals surface area contributed by atoms with Gasteiger partial charge in [-0.2, -0.15) is 0 Å². The predicted molar refractivity (Wildman–Crippen MR) is 81.7 cm³/mol. The summed E-state index contributed by atoms with van der Waals surface area (Å²) in [6.45, 7) is 2.82. The minimum absolute atomic E-state index is 0.405. The maximum absolute atomic E-state index is 11.6. The second-order valence-corrected chi connectivity index (χ2v) is 4.48. The molecule has 0 aliphatic carbocycles. The molecule has 0 saturated carbocycles. The van der Waals surface area contributed by atoms with E-state index in [4.69, 9.17) is 17.5 Å². The minimum atomic E-state index is -0.676. The number of hydrogen-bond acceptors (Lipinski definition) is 5. The summed E-state index contributed by atoms with van der Waals surface area (Å²) in [5.41, 5.74) is 0.947. The Morgan fingerprint density at radius 1 is 1.38 bits per heavy atom. The van der Waals surface area contributed by atoms with Crippen LogP contribution in [0.4, 0.5) is 0 Å². The normalized spacial score (nSPS) is 12.1. The number of nitrogens with zero attached hydrogens (tertiary/aromatic N) is 1. The zero-order valence-electron chi connectivity index (χ0n) is 12.5. The van der Waals surface area contributed by atoms with Crippen molar-refractivity contribution in [3.05, 3.63) is 29.8 Å². The van der Waals surface area contributed by atoms with Crippen LogP contribution in [-0.4, -0.2) is 40.2 Å². The third-order valence-corrected chi connectivity index (χ3v) is 2.89. The Bertz CT molecular complexity index is 447. The van der Waals surface area contributed by atoms with E-state index in [9.17, 15) is 4.79 Å². The van der Waals surface area contributed by atoms with E-state index in [0.29, 0.717) is 13.0 Å². The van der Waals surface area contributed by atoms with E-state index < -0.39 is 12.0 Å². The number of benzene rings is 1. The van der Waals surface area contributed by atoms with E-state index in [1.165, 1.54) is 7.11 Å².